The second-order valence-corrected chi connectivity index (χ2v) is 5.41. The summed E-state index contributed by atoms with van der Waals surface area (Å²) in [7, 11) is 3.11. The van der Waals surface area contributed by atoms with Crippen molar-refractivity contribution in [1.82, 2.24) is 0 Å². The molecule has 26 heavy (non-hydrogen) atoms. The Kier molecular flexibility index (Phi) is 6.79. The fraction of sp³-hybridized carbons (Fsp3) is 0.200. The summed E-state index contributed by atoms with van der Waals surface area (Å²) in [5.41, 5.74) is 1.35. The third-order valence-corrected chi connectivity index (χ3v) is 3.51. The molecular weight excluding hydrogens is 334 g/mol. The molecule has 0 saturated carbocycles. The van der Waals surface area contributed by atoms with Crippen molar-refractivity contribution >= 4 is 23.6 Å². The number of ether oxygens (including phenoxy) is 3. The number of hydrogen-bond donors (Lipinski definition) is 1. The molecule has 0 aliphatic carbocycles. The van der Waals surface area contributed by atoms with Gasteiger partial charge in [0.25, 0.3) is 5.91 Å². The van der Waals surface area contributed by atoms with Gasteiger partial charge in [-0.25, -0.2) is 4.79 Å². The molecule has 0 bridgehead atoms. The highest BCUT2D eigenvalue weighted by Gasteiger charge is 2.16. The van der Waals surface area contributed by atoms with Crippen molar-refractivity contribution in [2.75, 3.05) is 19.5 Å². The third-order valence-electron chi connectivity index (χ3n) is 3.51. The van der Waals surface area contributed by atoms with Crippen molar-refractivity contribution in [3.8, 4) is 11.5 Å². The number of methoxy groups -OCH3 is 2. The second kappa shape index (κ2) is 9.27. The first-order valence-corrected chi connectivity index (χ1v) is 7.99. The minimum atomic E-state index is -0.941. The SMILES string of the molecule is COc1cccc(/C=C/C(=O)O[C@H](C)C(=O)Nc2cccc(OC)c2)c1. The van der Waals surface area contributed by atoms with E-state index in [2.05, 4.69) is 5.32 Å². The Balaban J connectivity index is 1.90. The van der Waals surface area contributed by atoms with E-state index in [1.807, 2.05) is 12.1 Å². The predicted molar refractivity (Wildman–Crippen MR) is 99.2 cm³/mol. The molecule has 1 atom stereocenters. The second-order valence-electron chi connectivity index (χ2n) is 5.41. The topological polar surface area (TPSA) is 73.9 Å². The highest BCUT2D eigenvalue weighted by Crippen LogP contribution is 2.17. The quantitative estimate of drug-likeness (QED) is 0.609. The molecule has 6 nitrogen and oxygen atoms in total. The number of esters is 1. The molecule has 0 radical (unpaired) electrons. The average Bonchev–Trinajstić information content (AvgIpc) is 2.66. The van der Waals surface area contributed by atoms with Gasteiger partial charge in [-0.05, 0) is 42.8 Å². The van der Waals surface area contributed by atoms with Crippen LogP contribution < -0.4 is 14.8 Å². The van der Waals surface area contributed by atoms with E-state index < -0.39 is 18.0 Å². The maximum atomic E-state index is 12.1. The number of anilines is 1. The largest absolute Gasteiger partial charge is 0.497 e. The minimum absolute atomic E-state index is 0.429. The lowest BCUT2D eigenvalue weighted by molar-refractivity contribution is -0.148. The molecule has 0 unspecified atom stereocenters. The van der Waals surface area contributed by atoms with Gasteiger partial charge in [0.15, 0.2) is 6.10 Å². The van der Waals surface area contributed by atoms with Crippen LogP contribution in [0, 0.1) is 0 Å². The number of nitrogens with one attached hydrogen (secondary N) is 1. The predicted octanol–water partition coefficient (Wildman–Crippen LogP) is 3.29. The standard InChI is InChI=1S/C20H21NO5/c1-14(20(23)21-16-7-5-9-18(13-16)25-3)26-19(22)11-10-15-6-4-8-17(12-15)24-2/h4-14H,1-3H3,(H,21,23)/b11-10+/t14-/m1/s1. The van der Waals surface area contributed by atoms with E-state index in [-0.39, 0.29) is 0 Å². The van der Waals surface area contributed by atoms with Crippen LogP contribution in [-0.2, 0) is 14.3 Å². The van der Waals surface area contributed by atoms with Crippen LogP contribution in [0.15, 0.2) is 54.6 Å². The Bertz CT molecular complexity index is 800. The Morgan fingerprint density at radius 1 is 1.00 bits per heavy atom. The highest BCUT2D eigenvalue weighted by atomic mass is 16.5. The molecule has 2 aromatic rings. The number of rotatable bonds is 7. The first kappa shape index (κ1) is 19.1. The van der Waals surface area contributed by atoms with Crippen LogP contribution in [0.1, 0.15) is 12.5 Å². The van der Waals surface area contributed by atoms with Crippen molar-refractivity contribution in [3.63, 3.8) is 0 Å². The number of hydrogen-bond acceptors (Lipinski definition) is 5. The Hall–Kier alpha value is -3.28. The van der Waals surface area contributed by atoms with Crippen LogP contribution in [0.5, 0.6) is 11.5 Å². The molecule has 136 valence electrons. The lowest BCUT2D eigenvalue weighted by Gasteiger charge is -2.13. The minimum Gasteiger partial charge on any atom is -0.497 e. The van der Waals surface area contributed by atoms with Gasteiger partial charge in [0.1, 0.15) is 11.5 Å². The van der Waals surface area contributed by atoms with Crippen molar-refractivity contribution in [1.29, 1.82) is 0 Å². The van der Waals surface area contributed by atoms with Crippen molar-refractivity contribution in [3.05, 3.63) is 60.2 Å². The lowest BCUT2D eigenvalue weighted by Crippen LogP contribution is -2.29. The van der Waals surface area contributed by atoms with Crippen molar-refractivity contribution in [2.24, 2.45) is 0 Å². The Morgan fingerprint density at radius 2 is 1.65 bits per heavy atom. The summed E-state index contributed by atoms with van der Waals surface area (Å²) in [6.45, 7) is 1.51. The molecule has 0 spiro atoms. The van der Waals surface area contributed by atoms with Gasteiger partial charge in [-0.2, -0.15) is 0 Å². The van der Waals surface area contributed by atoms with E-state index >= 15 is 0 Å². The molecule has 0 heterocycles. The molecule has 0 aliphatic rings. The van der Waals surface area contributed by atoms with Gasteiger partial charge in [0, 0.05) is 17.8 Å². The van der Waals surface area contributed by atoms with Crippen LogP contribution in [0.25, 0.3) is 6.08 Å². The Morgan fingerprint density at radius 3 is 2.35 bits per heavy atom. The van der Waals surface area contributed by atoms with E-state index in [9.17, 15) is 9.59 Å². The van der Waals surface area contributed by atoms with Gasteiger partial charge in [-0.15, -0.1) is 0 Å². The van der Waals surface area contributed by atoms with Gasteiger partial charge in [0.2, 0.25) is 0 Å². The first-order valence-electron chi connectivity index (χ1n) is 7.99. The molecule has 0 fully saturated rings. The maximum absolute atomic E-state index is 12.1. The van der Waals surface area contributed by atoms with Gasteiger partial charge >= 0.3 is 5.97 Å². The van der Waals surface area contributed by atoms with Gasteiger partial charge in [-0.3, -0.25) is 4.79 Å². The van der Waals surface area contributed by atoms with Crippen molar-refractivity contribution in [2.45, 2.75) is 13.0 Å². The normalized spacial score (nSPS) is 11.7. The molecule has 0 aliphatic heterocycles. The maximum Gasteiger partial charge on any atom is 0.331 e. The monoisotopic (exact) mass is 355 g/mol. The van der Waals surface area contributed by atoms with Gasteiger partial charge < -0.3 is 19.5 Å². The summed E-state index contributed by atoms with van der Waals surface area (Å²) in [5, 5.41) is 2.67. The number of amides is 1. The zero-order valence-electron chi connectivity index (χ0n) is 14.9. The van der Waals surface area contributed by atoms with E-state index in [0.717, 1.165) is 5.56 Å². The zero-order chi connectivity index (χ0) is 18.9. The van der Waals surface area contributed by atoms with E-state index in [1.165, 1.54) is 13.0 Å². The summed E-state index contributed by atoms with van der Waals surface area (Å²) >= 11 is 0. The molecule has 2 aromatic carbocycles. The van der Waals surface area contributed by atoms with E-state index in [1.54, 1.807) is 56.7 Å². The lowest BCUT2D eigenvalue weighted by atomic mass is 10.2. The van der Waals surface area contributed by atoms with Crippen LogP contribution in [0.3, 0.4) is 0 Å². The van der Waals surface area contributed by atoms with Gasteiger partial charge in [-0.1, -0.05) is 18.2 Å². The summed E-state index contributed by atoms with van der Waals surface area (Å²) in [4.78, 5) is 24.0. The fourth-order valence-electron chi connectivity index (χ4n) is 2.12. The van der Waals surface area contributed by atoms with Crippen LogP contribution >= 0.6 is 0 Å². The third kappa shape index (κ3) is 5.66. The van der Waals surface area contributed by atoms with E-state index in [0.29, 0.717) is 17.2 Å². The number of carbonyl (C=O) groups excluding carboxylic acids is 2. The summed E-state index contributed by atoms with van der Waals surface area (Å²) in [5.74, 6) is 0.266. The smallest absolute Gasteiger partial charge is 0.331 e. The number of benzene rings is 2. The molecular formula is C20H21NO5. The van der Waals surface area contributed by atoms with Gasteiger partial charge in [0.05, 0.1) is 14.2 Å². The Labute approximate surface area is 152 Å². The molecule has 0 aromatic heterocycles. The molecule has 0 saturated heterocycles. The summed E-state index contributed by atoms with van der Waals surface area (Å²) in [6, 6.07) is 14.1. The summed E-state index contributed by atoms with van der Waals surface area (Å²) in [6.07, 6.45) is 1.92. The highest BCUT2D eigenvalue weighted by molar-refractivity contribution is 5.96. The van der Waals surface area contributed by atoms with Crippen LogP contribution in [0.4, 0.5) is 5.69 Å². The summed E-state index contributed by atoms with van der Waals surface area (Å²) < 4.78 is 15.3. The van der Waals surface area contributed by atoms with Crippen LogP contribution in [0.2, 0.25) is 0 Å². The zero-order valence-corrected chi connectivity index (χ0v) is 14.9. The molecule has 6 heteroatoms. The fourth-order valence-corrected chi connectivity index (χ4v) is 2.12. The van der Waals surface area contributed by atoms with Crippen molar-refractivity contribution < 1.29 is 23.8 Å². The first-order chi connectivity index (χ1) is 12.5. The molecule has 1 N–H and O–H groups in total. The van der Waals surface area contributed by atoms with Crippen LogP contribution in [-0.4, -0.2) is 32.2 Å². The molecule has 1 amide bonds. The number of carbonyl (C=O) groups is 2. The molecule has 2 rings (SSSR count). The average molecular weight is 355 g/mol. The van der Waals surface area contributed by atoms with E-state index in [4.69, 9.17) is 14.2 Å².